The summed E-state index contributed by atoms with van der Waals surface area (Å²) in [5.74, 6) is 0.565. The Morgan fingerprint density at radius 2 is 1.88 bits per heavy atom. The van der Waals surface area contributed by atoms with Crippen LogP contribution < -0.4 is 4.90 Å². The van der Waals surface area contributed by atoms with E-state index in [9.17, 15) is 18.0 Å². The zero-order valence-corrected chi connectivity index (χ0v) is 18.8. The molecule has 0 N–H and O–H groups in total. The molecule has 2 aromatic heterocycles. The van der Waals surface area contributed by atoms with Gasteiger partial charge in [0.2, 0.25) is 5.91 Å². The number of amides is 1. The Morgan fingerprint density at radius 1 is 1.16 bits per heavy atom. The summed E-state index contributed by atoms with van der Waals surface area (Å²) in [6.07, 6.45) is -3.70. The number of pyridine rings is 2. The van der Waals surface area contributed by atoms with E-state index in [1.54, 1.807) is 9.80 Å². The van der Waals surface area contributed by atoms with Gasteiger partial charge in [-0.1, -0.05) is 41.6 Å². The number of anilines is 1. The molecule has 0 spiro atoms. The minimum absolute atomic E-state index is 0.00580. The number of rotatable bonds is 4. The van der Waals surface area contributed by atoms with Crippen LogP contribution in [0, 0.1) is 6.92 Å². The van der Waals surface area contributed by atoms with Crippen molar-refractivity contribution in [1.29, 1.82) is 0 Å². The number of hydrogen-bond donors (Lipinski definition) is 0. The quantitative estimate of drug-likeness (QED) is 0.489. The molecular formula is C22H20ClF3N4OS. The van der Waals surface area contributed by atoms with Crippen LogP contribution in [0.3, 0.4) is 0 Å². The molecule has 1 fully saturated rings. The lowest BCUT2D eigenvalue weighted by molar-refractivity contribution is -0.137. The summed E-state index contributed by atoms with van der Waals surface area (Å²) in [5, 5.41) is 1.84. The normalized spacial score (nSPS) is 14.8. The first-order valence-corrected chi connectivity index (χ1v) is 11.3. The van der Waals surface area contributed by atoms with Crippen molar-refractivity contribution in [2.75, 3.05) is 36.8 Å². The molecular weight excluding hydrogens is 461 g/mol. The third-order valence-corrected chi connectivity index (χ3v) is 6.50. The van der Waals surface area contributed by atoms with Crippen LogP contribution in [0.25, 0.3) is 10.9 Å². The molecule has 32 heavy (non-hydrogen) atoms. The minimum Gasteiger partial charge on any atom is -0.352 e. The van der Waals surface area contributed by atoms with E-state index in [-0.39, 0.29) is 16.7 Å². The van der Waals surface area contributed by atoms with Crippen LogP contribution in [-0.4, -0.2) is 52.7 Å². The van der Waals surface area contributed by atoms with E-state index in [0.29, 0.717) is 32.0 Å². The second-order valence-electron chi connectivity index (χ2n) is 7.48. The van der Waals surface area contributed by atoms with Crippen LogP contribution in [0.4, 0.5) is 19.0 Å². The van der Waals surface area contributed by atoms with Crippen LogP contribution in [0.5, 0.6) is 0 Å². The number of para-hydroxylation sites is 1. The fraction of sp³-hybridized carbons (Fsp3) is 0.318. The van der Waals surface area contributed by atoms with Crippen molar-refractivity contribution in [2.24, 2.45) is 0 Å². The van der Waals surface area contributed by atoms with Crippen LogP contribution in [-0.2, 0) is 11.0 Å². The number of fused-ring (bicyclic) bond motifs is 1. The Hall–Kier alpha value is -2.52. The Balaban J connectivity index is 1.34. The summed E-state index contributed by atoms with van der Waals surface area (Å²) in [6.45, 7) is 3.81. The second-order valence-corrected chi connectivity index (χ2v) is 8.88. The average molecular weight is 481 g/mol. The summed E-state index contributed by atoms with van der Waals surface area (Å²) in [5.41, 5.74) is 1.13. The third-order valence-electron chi connectivity index (χ3n) is 5.32. The van der Waals surface area contributed by atoms with Crippen molar-refractivity contribution < 1.29 is 18.0 Å². The van der Waals surface area contributed by atoms with Gasteiger partial charge in [-0.15, -0.1) is 0 Å². The largest absolute Gasteiger partial charge is 0.417 e. The van der Waals surface area contributed by atoms with Gasteiger partial charge in [-0.3, -0.25) is 4.79 Å². The number of nitrogens with zero attached hydrogens (tertiary/aromatic N) is 4. The first-order valence-electron chi connectivity index (χ1n) is 9.97. The van der Waals surface area contributed by atoms with Gasteiger partial charge >= 0.3 is 6.18 Å². The maximum Gasteiger partial charge on any atom is 0.417 e. The highest BCUT2D eigenvalue weighted by molar-refractivity contribution is 7.99. The Morgan fingerprint density at radius 3 is 2.56 bits per heavy atom. The number of aromatic nitrogens is 2. The molecule has 0 radical (unpaired) electrons. The van der Waals surface area contributed by atoms with E-state index < -0.39 is 11.7 Å². The number of alkyl halides is 3. The summed E-state index contributed by atoms with van der Waals surface area (Å²) in [6, 6.07) is 10.8. The van der Waals surface area contributed by atoms with Gasteiger partial charge < -0.3 is 9.80 Å². The van der Waals surface area contributed by atoms with Crippen molar-refractivity contribution in [3.63, 3.8) is 0 Å². The molecule has 1 aliphatic heterocycles. The van der Waals surface area contributed by atoms with Gasteiger partial charge in [0.25, 0.3) is 0 Å². The lowest BCUT2D eigenvalue weighted by Gasteiger charge is -2.35. The fourth-order valence-corrected chi connectivity index (χ4v) is 4.77. The standard InChI is InChI=1S/C22H20ClF3N4OS/c1-14-10-19(28-18-5-3-2-4-16(14)18)32-13-20(31)29-6-8-30(9-7-29)21-17(23)11-15(12-27-21)22(24,25)26/h2-5,10-12H,6-9,13H2,1H3. The van der Waals surface area contributed by atoms with Crippen molar-refractivity contribution in [1.82, 2.24) is 14.9 Å². The number of aryl methyl sites for hydroxylation is 1. The average Bonchev–Trinajstić information content (AvgIpc) is 2.77. The van der Waals surface area contributed by atoms with E-state index in [1.807, 2.05) is 37.3 Å². The molecule has 1 saturated heterocycles. The number of carbonyl (C=O) groups excluding carboxylic acids is 1. The van der Waals surface area contributed by atoms with E-state index in [0.717, 1.165) is 33.8 Å². The molecule has 1 amide bonds. The highest BCUT2D eigenvalue weighted by Crippen LogP contribution is 2.33. The molecule has 0 atom stereocenters. The molecule has 1 aliphatic rings. The molecule has 0 saturated carbocycles. The highest BCUT2D eigenvalue weighted by atomic mass is 35.5. The van der Waals surface area contributed by atoms with Gasteiger partial charge in [-0.25, -0.2) is 9.97 Å². The molecule has 0 bridgehead atoms. The van der Waals surface area contributed by atoms with Gasteiger partial charge in [0.1, 0.15) is 5.82 Å². The summed E-state index contributed by atoms with van der Waals surface area (Å²) >= 11 is 7.44. The second kappa shape index (κ2) is 9.15. The topological polar surface area (TPSA) is 49.3 Å². The Kier molecular flexibility index (Phi) is 6.48. The SMILES string of the molecule is Cc1cc(SCC(=O)N2CCN(c3ncc(C(F)(F)F)cc3Cl)CC2)nc2ccccc12. The lowest BCUT2D eigenvalue weighted by atomic mass is 10.1. The maximum absolute atomic E-state index is 12.8. The first kappa shape index (κ1) is 22.7. The monoisotopic (exact) mass is 480 g/mol. The molecule has 4 rings (SSSR count). The molecule has 168 valence electrons. The minimum atomic E-state index is -4.49. The van der Waals surface area contributed by atoms with Crippen LogP contribution >= 0.6 is 23.4 Å². The highest BCUT2D eigenvalue weighted by Gasteiger charge is 2.32. The third kappa shape index (κ3) is 4.94. The first-order chi connectivity index (χ1) is 15.2. The smallest absolute Gasteiger partial charge is 0.352 e. The zero-order chi connectivity index (χ0) is 22.9. The van der Waals surface area contributed by atoms with Gasteiger partial charge in [-0.05, 0) is 30.7 Å². The Labute approximate surface area is 192 Å². The number of benzene rings is 1. The summed E-state index contributed by atoms with van der Waals surface area (Å²) in [7, 11) is 0. The van der Waals surface area contributed by atoms with E-state index in [4.69, 9.17) is 11.6 Å². The van der Waals surface area contributed by atoms with Crippen molar-refractivity contribution >= 4 is 46.0 Å². The summed E-state index contributed by atoms with van der Waals surface area (Å²) < 4.78 is 38.4. The van der Waals surface area contributed by atoms with Crippen LogP contribution in [0.15, 0.2) is 47.6 Å². The van der Waals surface area contributed by atoms with Gasteiger partial charge in [0.15, 0.2) is 0 Å². The summed E-state index contributed by atoms with van der Waals surface area (Å²) in [4.78, 5) is 24.7. The van der Waals surface area contributed by atoms with E-state index >= 15 is 0 Å². The molecule has 0 aliphatic carbocycles. The molecule has 3 heterocycles. The number of thioether (sulfide) groups is 1. The molecule has 3 aromatic rings. The van der Waals surface area contributed by atoms with E-state index in [2.05, 4.69) is 9.97 Å². The zero-order valence-electron chi connectivity index (χ0n) is 17.2. The van der Waals surface area contributed by atoms with Crippen LogP contribution in [0.2, 0.25) is 5.02 Å². The molecule has 1 aromatic carbocycles. The van der Waals surface area contributed by atoms with Gasteiger partial charge in [-0.2, -0.15) is 13.2 Å². The van der Waals surface area contributed by atoms with E-state index in [1.165, 1.54) is 11.8 Å². The predicted octanol–water partition coefficient (Wildman–Crippen LogP) is 5.05. The number of carbonyl (C=O) groups is 1. The molecule has 0 unspecified atom stereocenters. The maximum atomic E-state index is 12.8. The van der Waals surface area contributed by atoms with Crippen molar-refractivity contribution in [3.8, 4) is 0 Å². The van der Waals surface area contributed by atoms with Gasteiger partial charge in [0.05, 0.1) is 26.9 Å². The Bertz CT molecular complexity index is 1150. The van der Waals surface area contributed by atoms with Crippen molar-refractivity contribution in [3.05, 3.63) is 58.7 Å². The predicted molar refractivity (Wildman–Crippen MR) is 120 cm³/mol. The lowest BCUT2D eigenvalue weighted by Crippen LogP contribution is -2.49. The number of hydrogen-bond acceptors (Lipinski definition) is 5. The van der Waals surface area contributed by atoms with Gasteiger partial charge in [0, 0.05) is 37.8 Å². The van der Waals surface area contributed by atoms with Crippen LogP contribution in [0.1, 0.15) is 11.1 Å². The fourth-order valence-electron chi connectivity index (χ4n) is 3.61. The number of halogens is 4. The molecule has 5 nitrogen and oxygen atoms in total. The molecule has 10 heteroatoms. The van der Waals surface area contributed by atoms with Crippen molar-refractivity contribution in [2.45, 2.75) is 18.1 Å². The number of piperazine rings is 1.